The van der Waals surface area contributed by atoms with Gasteiger partial charge in [0.05, 0.1) is 16.8 Å². The molecule has 51 heavy (non-hydrogen) atoms. The number of fused-ring (bicyclic) bond motifs is 1. The van der Waals surface area contributed by atoms with Gasteiger partial charge in [-0.2, -0.15) is 0 Å². The Morgan fingerprint density at radius 3 is 1.29 bits per heavy atom. The predicted octanol–water partition coefficient (Wildman–Crippen LogP) is 13.3. The van der Waals surface area contributed by atoms with E-state index in [1.807, 2.05) is 48.5 Å². The van der Waals surface area contributed by atoms with Crippen LogP contribution in [0.2, 0.25) is 0 Å². The van der Waals surface area contributed by atoms with Crippen LogP contribution in [0.3, 0.4) is 0 Å². The van der Waals surface area contributed by atoms with Crippen molar-refractivity contribution in [1.82, 2.24) is 4.98 Å². The summed E-state index contributed by atoms with van der Waals surface area (Å²) in [6.07, 6.45) is 1.92. The lowest BCUT2D eigenvalue weighted by molar-refractivity contribution is 1.28. The second kappa shape index (κ2) is 14.4. The largest absolute Gasteiger partial charge is 0.311 e. The second-order valence-corrected chi connectivity index (χ2v) is 13.0. The van der Waals surface area contributed by atoms with Crippen molar-refractivity contribution in [2.45, 2.75) is 0 Å². The average molecular weight is 673 g/mol. The molecule has 4 nitrogen and oxygen atoms in total. The standard InChI is InChI=1S/C46H32N4S/c1-47-44(46-48-43-19-11-12-20-45(43)51-46)33-34-21-27-40(28-22-34)50(39-17-9-4-10-18-39)42-31-25-36(26-32-42)35-23-29-41(30-24-35)49(37-13-5-2-6-14-37)38-15-7-3-8-16-38/h2-33H. The van der Waals surface area contributed by atoms with Gasteiger partial charge in [-0.1, -0.05) is 103 Å². The highest BCUT2D eigenvalue weighted by atomic mass is 32.1. The Morgan fingerprint density at radius 2 is 0.863 bits per heavy atom. The molecule has 8 rings (SSSR count). The number of anilines is 6. The van der Waals surface area contributed by atoms with Crippen LogP contribution in [-0.2, 0) is 0 Å². The van der Waals surface area contributed by atoms with E-state index in [1.165, 1.54) is 0 Å². The van der Waals surface area contributed by atoms with Crippen LogP contribution >= 0.6 is 11.3 Å². The van der Waals surface area contributed by atoms with E-state index in [1.54, 1.807) is 11.3 Å². The Morgan fingerprint density at radius 1 is 0.471 bits per heavy atom. The maximum absolute atomic E-state index is 7.85. The smallest absolute Gasteiger partial charge is 0.222 e. The van der Waals surface area contributed by atoms with E-state index < -0.39 is 0 Å². The molecule has 1 heterocycles. The number of hydrogen-bond donors (Lipinski definition) is 0. The third-order valence-corrected chi connectivity index (χ3v) is 9.77. The third-order valence-electron chi connectivity index (χ3n) is 8.72. The molecule has 0 aliphatic carbocycles. The van der Waals surface area contributed by atoms with Crippen LogP contribution in [0.1, 0.15) is 10.6 Å². The van der Waals surface area contributed by atoms with Crippen LogP contribution in [0.4, 0.5) is 34.1 Å². The summed E-state index contributed by atoms with van der Waals surface area (Å²) in [7, 11) is 0. The van der Waals surface area contributed by atoms with Crippen molar-refractivity contribution in [2.24, 2.45) is 0 Å². The van der Waals surface area contributed by atoms with Gasteiger partial charge in [-0.3, -0.25) is 0 Å². The monoisotopic (exact) mass is 672 g/mol. The minimum atomic E-state index is 0.542. The van der Waals surface area contributed by atoms with Crippen LogP contribution < -0.4 is 9.80 Å². The summed E-state index contributed by atoms with van der Waals surface area (Å²) in [4.78, 5) is 13.0. The van der Waals surface area contributed by atoms with Crippen LogP contribution in [0.25, 0.3) is 38.0 Å². The number of thiazole rings is 1. The zero-order chi connectivity index (χ0) is 34.4. The van der Waals surface area contributed by atoms with Gasteiger partial charge in [0.25, 0.3) is 0 Å². The van der Waals surface area contributed by atoms with Gasteiger partial charge in [0.15, 0.2) is 0 Å². The number of para-hydroxylation sites is 4. The fourth-order valence-electron chi connectivity index (χ4n) is 6.23. The molecule has 0 spiro atoms. The van der Waals surface area contributed by atoms with E-state index in [0.717, 1.165) is 66.0 Å². The van der Waals surface area contributed by atoms with E-state index in [9.17, 15) is 0 Å². The molecule has 0 unspecified atom stereocenters. The lowest BCUT2D eigenvalue weighted by Gasteiger charge is -2.26. The van der Waals surface area contributed by atoms with Crippen molar-refractivity contribution in [3.63, 3.8) is 0 Å². The molecular formula is C46H32N4S. The van der Waals surface area contributed by atoms with E-state index in [-0.39, 0.29) is 0 Å². The number of benzene rings is 7. The minimum absolute atomic E-state index is 0.542. The summed E-state index contributed by atoms with van der Waals surface area (Å²) in [6, 6.07) is 65.1. The van der Waals surface area contributed by atoms with Crippen LogP contribution in [0.15, 0.2) is 188 Å². The normalized spacial score (nSPS) is 11.2. The first-order valence-electron chi connectivity index (χ1n) is 16.7. The van der Waals surface area contributed by atoms with Gasteiger partial charge >= 0.3 is 0 Å². The lowest BCUT2D eigenvalue weighted by Crippen LogP contribution is -2.09. The summed E-state index contributed by atoms with van der Waals surface area (Å²) >= 11 is 1.55. The molecule has 8 aromatic rings. The molecule has 7 aromatic carbocycles. The molecule has 0 radical (unpaired) electrons. The molecule has 0 N–H and O–H groups in total. The van der Waals surface area contributed by atoms with Crippen LogP contribution in [0, 0.1) is 6.57 Å². The molecule has 0 saturated heterocycles. The zero-order valence-electron chi connectivity index (χ0n) is 27.7. The van der Waals surface area contributed by atoms with Crippen molar-refractivity contribution in [1.29, 1.82) is 0 Å². The molecule has 0 aliphatic rings. The Hall–Kier alpha value is -6.74. The highest BCUT2D eigenvalue weighted by Crippen LogP contribution is 2.38. The topological polar surface area (TPSA) is 23.7 Å². The fourth-order valence-corrected chi connectivity index (χ4v) is 7.16. The van der Waals surface area contributed by atoms with Gasteiger partial charge in [-0.15, -0.1) is 11.3 Å². The number of rotatable bonds is 9. The number of hydrogen-bond acceptors (Lipinski definition) is 4. The first-order valence-corrected chi connectivity index (χ1v) is 17.6. The number of nitrogens with zero attached hydrogens (tertiary/aromatic N) is 4. The Bertz CT molecular complexity index is 2380. The van der Waals surface area contributed by atoms with E-state index in [4.69, 9.17) is 11.6 Å². The summed E-state index contributed by atoms with van der Waals surface area (Å²) in [5, 5.41) is 0.737. The molecule has 242 valence electrons. The van der Waals surface area contributed by atoms with Crippen molar-refractivity contribution in [3.8, 4) is 11.1 Å². The molecule has 5 heteroatoms. The van der Waals surface area contributed by atoms with Crippen molar-refractivity contribution in [2.75, 3.05) is 9.80 Å². The van der Waals surface area contributed by atoms with E-state index in [0.29, 0.717) is 5.70 Å². The SMILES string of the molecule is [C-]#[N+]C(=Cc1ccc(N(c2ccccc2)c2ccc(-c3ccc(N(c4ccccc4)c4ccccc4)cc3)cc2)cc1)c1nc2ccccc2s1. The first-order chi connectivity index (χ1) is 25.2. The molecule has 1 aromatic heterocycles. The summed E-state index contributed by atoms with van der Waals surface area (Å²) in [5.74, 6) is 0. The Labute approximate surface area is 302 Å². The van der Waals surface area contributed by atoms with Gasteiger partial charge in [0.1, 0.15) is 5.01 Å². The lowest BCUT2D eigenvalue weighted by atomic mass is 10.0. The molecule has 0 aliphatic heterocycles. The second-order valence-electron chi connectivity index (χ2n) is 12.0. The van der Waals surface area contributed by atoms with Crippen LogP contribution in [-0.4, -0.2) is 4.98 Å². The summed E-state index contributed by atoms with van der Waals surface area (Å²) in [5.41, 5.74) is 11.2. The minimum Gasteiger partial charge on any atom is -0.311 e. The molecule has 0 atom stereocenters. The molecule has 0 fully saturated rings. The average Bonchev–Trinajstić information content (AvgIpc) is 3.64. The summed E-state index contributed by atoms with van der Waals surface area (Å²) < 4.78 is 1.08. The predicted molar refractivity (Wildman–Crippen MR) is 215 cm³/mol. The van der Waals surface area contributed by atoms with Crippen molar-refractivity contribution < 1.29 is 0 Å². The van der Waals surface area contributed by atoms with Gasteiger partial charge < -0.3 is 9.80 Å². The summed E-state index contributed by atoms with van der Waals surface area (Å²) in [6.45, 7) is 7.85. The highest BCUT2D eigenvalue weighted by molar-refractivity contribution is 7.19. The van der Waals surface area contributed by atoms with Crippen molar-refractivity contribution in [3.05, 3.63) is 210 Å². The van der Waals surface area contributed by atoms with E-state index >= 15 is 0 Å². The molecule has 0 saturated carbocycles. The molecule has 0 amide bonds. The zero-order valence-corrected chi connectivity index (χ0v) is 28.5. The Balaban J connectivity index is 1.07. The highest BCUT2D eigenvalue weighted by Gasteiger charge is 2.15. The van der Waals surface area contributed by atoms with Crippen molar-refractivity contribution >= 4 is 67.5 Å². The van der Waals surface area contributed by atoms with E-state index in [2.05, 4.69) is 160 Å². The maximum Gasteiger partial charge on any atom is 0.222 e. The number of aromatic nitrogens is 1. The maximum atomic E-state index is 7.85. The van der Waals surface area contributed by atoms with Gasteiger partial charge in [-0.05, 0) is 108 Å². The fraction of sp³-hybridized carbons (Fsp3) is 0. The molecular weight excluding hydrogens is 641 g/mol. The third kappa shape index (κ3) is 6.78. The van der Waals surface area contributed by atoms with Gasteiger partial charge in [0, 0.05) is 34.1 Å². The Kier molecular flexibility index (Phi) is 8.90. The van der Waals surface area contributed by atoms with Gasteiger partial charge in [0.2, 0.25) is 5.70 Å². The molecule has 0 bridgehead atoms. The first kappa shape index (κ1) is 31.5. The quantitative estimate of drug-likeness (QED) is 0.143. The van der Waals surface area contributed by atoms with Crippen LogP contribution in [0.5, 0.6) is 0 Å². The van der Waals surface area contributed by atoms with Gasteiger partial charge in [-0.25, -0.2) is 9.83 Å².